The molecule has 1 atom stereocenters. The molecule has 6 nitrogen and oxygen atoms in total. The first-order chi connectivity index (χ1) is 15.4. The van der Waals surface area contributed by atoms with Crippen LogP contribution in [0.15, 0.2) is 61.1 Å². The minimum atomic E-state index is -0.0278. The van der Waals surface area contributed by atoms with Gasteiger partial charge in [0.1, 0.15) is 0 Å². The third-order valence-corrected chi connectivity index (χ3v) is 6.40. The molecule has 1 amide bonds. The highest BCUT2D eigenvalue weighted by atomic mass is 16.1. The van der Waals surface area contributed by atoms with Crippen LogP contribution in [0.25, 0.3) is 16.7 Å². The van der Waals surface area contributed by atoms with E-state index in [4.69, 9.17) is 5.10 Å². The molecular weight excluding hydrogens is 398 g/mol. The Bertz CT molecular complexity index is 1270. The molecule has 2 aromatic heterocycles. The standard InChI is InChI=1S/C26H29N5O/c1-18-8-10-19(11-9-18)31-24-15-26(2,3)14-22(20(24)16-28-31)29-25(32)12-13-30-17-27-21-6-4-5-7-23(21)30/h4-11,16-17,22H,12-15H2,1-3H3,(H,29,32). The molecule has 1 N–H and O–H groups in total. The minimum absolute atomic E-state index is 0.0278. The molecule has 0 saturated carbocycles. The monoisotopic (exact) mass is 427 g/mol. The third kappa shape index (κ3) is 3.93. The van der Waals surface area contributed by atoms with E-state index in [1.807, 2.05) is 46.0 Å². The lowest BCUT2D eigenvalue weighted by Gasteiger charge is -2.36. The molecule has 164 valence electrons. The summed E-state index contributed by atoms with van der Waals surface area (Å²) in [5, 5.41) is 7.98. The number of aromatic nitrogens is 4. The van der Waals surface area contributed by atoms with E-state index in [0.717, 1.165) is 35.1 Å². The summed E-state index contributed by atoms with van der Waals surface area (Å²) < 4.78 is 4.08. The van der Waals surface area contributed by atoms with Crippen molar-refractivity contribution >= 4 is 16.9 Å². The van der Waals surface area contributed by atoms with E-state index < -0.39 is 0 Å². The quantitative estimate of drug-likeness (QED) is 0.500. The largest absolute Gasteiger partial charge is 0.349 e. The highest BCUT2D eigenvalue weighted by Crippen LogP contribution is 2.41. The van der Waals surface area contributed by atoms with Crippen LogP contribution in [-0.4, -0.2) is 25.2 Å². The van der Waals surface area contributed by atoms with Gasteiger partial charge < -0.3 is 9.88 Å². The van der Waals surface area contributed by atoms with Crippen molar-refractivity contribution in [2.75, 3.05) is 0 Å². The Morgan fingerprint density at radius 3 is 2.75 bits per heavy atom. The molecule has 4 aromatic rings. The Labute approximate surface area is 188 Å². The molecule has 6 heteroatoms. The Hall–Kier alpha value is -3.41. The summed E-state index contributed by atoms with van der Waals surface area (Å²) in [6.07, 6.45) is 5.99. The van der Waals surface area contributed by atoms with E-state index in [1.165, 1.54) is 11.3 Å². The lowest BCUT2D eigenvalue weighted by Crippen LogP contribution is -2.37. The van der Waals surface area contributed by atoms with Crippen molar-refractivity contribution in [1.82, 2.24) is 24.6 Å². The van der Waals surface area contributed by atoms with Gasteiger partial charge in [0.05, 0.1) is 41.0 Å². The Balaban J connectivity index is 1.34. The number of hydrogen-bond donors (Lipinski definition) is 1. The molecule has 0 bridgehead atoms. The Kier molecular flexibility index (Phi) is 5.08. The number of rotatable bonds is 5. The number of amides is 1. The van der Waals surface area contributed by atoms with Crippen LogP contribution in [-0.2, 0) is 17.8 Å². The first-order valence-corrected chi connectivity index (χ1v) is 11.2. The molecule has 0 aliphatic heterocycles. The van der Waals surface area contributed by atoms with Crippen molar-refractivity contribution in [3.8, 4) is 5.69 Å². The molecule has 0 fully saturated rings. The number of para-hydroxylation sites is 2. The summed E-state index contributed by atoms with van der Waals surface area (Å²) in [7, 11) is 0. The number of nitrogens with zero attached hydrogens (tertiary/aromatic N) is 4. The highest BCUT2D eigenvalue weighted by molar-refractivity contribution is 5.78. The topological polar surface area (TPSA) is 64.7 Å². The number of hydrogen-bond acceptors (Lipinski definition) is 3. The summed E-state index contributed by atoms with van der Waals surface area (Å²) in [5.74, 6) is 0.0551. The number of imidazole rings is 1. The zero-order valence-corrected chi connectivity index (χ0v) is 18.9. The first-order valence-electron chi connectivity index (χ1n) is 11.2. The number of benzene rings is 2. The van der Waals surface area contributed by atoms with E-state index in [0.29, 0.717) is 13.0 Å². The Morgan fingerprint density at radius 1 is 1.16 bits per heavy atom. The smallest absolute Gasteiger partial charge is 0.222 e. The molecule has 5 rings (SSSR count). The van der Waals surface area contributed by atoms with Gasteiger partial charge in [0.15, 0.2) is 0 Å². The van der Waals surface area contributed by atoms with Crippen LogP contribution in [0.4, 0.5) is 0 Å². The van der Waals surface area contributed by atoms with Gasteiger partial charge in [0.25, 0.3) is 0 Å². The van der Waals surface area contributed by atoms with Gasteiger partial charge in [-0.25, -0.2) is 9.67 Å². The maximum absolute atomic E-state index is 12.9. The van der Waals surface area contributed by atoms with Gasteiger partial charge in [0, 0.05) is 18.5 Å². The number of fused-ring (bicyclic) bond motifs is 2. The van der Waals surface area contributed by atoms with Crippen molar-refractivity contribution in [3.05, 3.63) is 77.9 Å². The van der Waals surface area contributed by atoms with Crippen LogP contribution in [0.1, 0.15) is 49.6 Å². The molecule has 0 radical (unpaired) electrons. The van der Waals surface area contributed by atoms with E-state index >= 15 is 0 Å². The molecule has 0 saturated heterocycles. The van der Waals surface area contributed by atoms with E-state index in [1.54, 1.807) is 0 Å². The van der Waals surface area contributed by atoms with Crippen LogP contribution in [0, 0.1) is 12.3 Å². The lowest BCUT2D eigenvalue weighted by molar-refractivity contribution is -0.122. The number of nitrogens with one attached hydrogen (secondary N) is 1. The van der Waals surface area contributed by atoms with Gasteiger partial charge in [-0.05, 0) is 49.4 Å². The van der Waals surface area contributed by atoms with E-state index in [2.05, 4.69) is 55.3 Å². The molecule has 1 aliphatic rings. The normalized spacial score (nSPS) is 17.3. The number of carbonyl (C=O) groups is 1. The van der Waals surface area contributed by atoms with Crippen LogP contribution in [0.5, 0.6) is 0 Å². The summed E-state index contributed by atoms with van der Waals surface area (Å²) in [4.78, 5) is 17.3. The fourth-order valence-electron chi connectivity index (χ4n) is 4.76. The van der Waals surface area contributed by atoms with Crippen molar-refractivity contribution in [3.63, 3.8) is 0 Å². The zero-order chi connectivity index (χ0) is 22.3. The van der Waals surface area contributed by atoms with Crippen LogP contribution >= 0.6 is 0 Å². The molecule has 1 unspecified atom stereocenters. The van der Waals surface area contributed by atoms with E-state index in [9.17, 15) is 4.79 Å². The van der Waals surface area contributed by atoms with Gasteiger partial charge in [0.2, 0.25) is 5.91 Å². The predicted octanol–water partition coefficient (Wildman–Crippen LogP) is 4.75. The fraction of sp³-hybridized carbons (Fsp3) is 0.346. The maximum atomic E-state index is 12.9. The van der Waals surface area contributed by atoms with Crippen molar-refractivity contribution in [2.45, 2.75) is 52.6 Å². The second-order valence-corrected chi connectivity index (χ2v) is 9.64. The SMILES string of the molecule is Cc1ccc(-n2ncc3c2CC(C)(C)CC3NC(=O)CCn2cnc3ccccc32)cc1. The van der Waals surface area contributed by atoms with Crippen molar-refractivity contribution in [2.24, 2.45) is 5.41 Å². The van der Waals surface area contributed by atoms with Gasteiger partial charge in [-0.15, -0.1) is 0 Å². The van der Waals surface area contributed by atoms with Gasteiger partial charge in [-0.2, -0.15) is 5.10 Å². The Morgan fingerprint density at radius 2 is 1.94 bits per heavy atom. The van der Waals surface area contributed by atoms with Gasteiger partial charge in [-0.1, -0.05) is 43.7 Å². The molecular formula is C26H29N5O. The average Bonchev–Trinajstić information content (AvgIpc) is 3.36. The van der Waals surface area contributed by atoms with Gasteiger partial charge >= 0.3 is 0 Å². The zero-order valence-electron chi connectivity index (χ0n) is 18.9. The molecule has 2 heterocycles. The molecule has 32 heavy (non-hydrogen) atoms. The van der Waals surface area contributed by atoms with Crippen molar-refractivity contribution in [1.29, 1.82) is 0 Å². The predicted molar refractivity (Wildman–Crippen MR) is 126 cm³/mol. The minimum Gasteiger partial charge on any atom is -0.349 e. The molecule has 0 spiro atoms. The molecule has 1 aliphatic carbocycles. The second-order valence-electron chi connectivity index (χ2n) is 9.64. The van der Waals surface area contributed by atoms with Gasteiger partial charge in [-0.3, -0.25) is 4.79 Å². The summed E-state index contributed by atoms with van der Waals surface area (Å²) in [6.45, 7) is 7.22. The summed E-state index contributed by atoms with van der Waals surface area (Å²) in [6, 6.07) is 16.4. The second kappa shape index (κ2) is 7.93. The highest BCUT2D eigenvalue weighted by Gasteiger charge is 2.36. The third-order valence-electron chi connectivity index (χ3n) is 6.40. The summed E-state index contributed by atoms with van der Waals surface area (Å²) in [5.41, 5.74) is 6.70. The van der Waals surface area contributed by atoms with Crippen LogP contribution in [0.2, 0.25) is 0 Å². The molecule has 2 aromatic carbocycles. The van der Waals surface area contributed by atoms with Crippen LogP contribution in [0.3, 0.4) is 0 Å². The number of carbonyl (C=O) groups excluding carboxylic acids is 1. The lowest BCUT2D eigenvalue weighted by atomic mass is 9.74. The fourth-order valence-corrected chi connectivity index (χ4v) is 4.76. The van der Waals surface area contributed by atoms with Crippen LogP contribution < -0.4 is 5.32 Å². The van der Waals surface area contributed by atoms with E-state index in [-0.39, 0.29) is 17.4 Å². The maximum Gasteiger partial charge on any atom is 0.222 e. The number of aryl methyl sites for hydroxylation is 2. The van der Waals surface area contributed by atoms with Crippen molar-refractivity contribution < 1.29 is 4.79 Å². The summed E-state index contributed by atoms with van der Waals surface area (Å²) >= 11 is 0. The first kappa shape index (κ1) is 20.5. The average molecular weight is 428 g/mol.